The summed E-state index contributed by atoms with van der Waals surface area (Å²) in [7, 11) is 1.53. The summed E-state index contributed by atoms with van der Waals surface area (Å²) in [6.07, 6.45) is 3.51. The fourth-order valence-corrected chi connectivity index (χ4v) is 3.62. The van der Waals surface area contributed by atoms with Crippen LogP contribution in [-0.4, -0.2) is 41.6 Å². The average molecular weight is 409 g/mol. The molecule has 4 aromatic rings. The first kappa shape index (κ1) is 19.6. The van der Waals surface area contributed by atoms with Gasteiger partial charge in [-0.3, -0.25) is 28.8 Å². The quantitative estimate of drug-likeness (QED) is 0.315. The van der Waals surface area contributed by atoms with Crippen LogP contribution in [0.5, 0.6) is 0 Å². The monoisotopic (exact) mass is 409 g/mol. The van der Waals surface area contributed by atoms with Gasteiger partial charge in [0.2, 0.25) is 5.95 Å². The minimum Gasteiger partial charge on any atom is -0.356 e. The maximum Gasteiger partial charge on any atom is 0.329 e. The van der Waals surface area contributed by atoms with E-state index in [2.05, 4.69) is 32.4 Å². The van der Waals surface area contributed by atoms with E-state index in [1.165, 1.54) is 11.6 Å². The fourth-order valence-electron chi connectivity index (χ4n) is 3.62. The van der Waals surface area contributed by atoms with Crippen molar-refractivity contribution in [1.82, 2.24) is 29.3 Å². The van der Waals surface area contributed by atoms with Gasteiger partial charge in [0.25, 0.3) is 5.56 Å². The van der Waals surface area contributed by atoms with Gasteiger partial charge in [0.1, 0.15) is 0 Å². The number of Topliss-reactive ketones (excluding diaryl/α,β-unsaturated/α-hetero) is 1. The number of aromatic amines is 2. The second kappa shape index (κ2) is 7.62. The molecule has 3 aromatic heterocycles. The highest BCUT2D eigenvalue weighted by atomic mass is 16.2. The van der Waals surface area contributed by atoms with Crippen LogP contribution in [0.3, 0.4) is 0 Å². The van der Waals surface area contributed by atoms with Crippen molar-refractivity contribution in [2.75, 3.05) is 11.9 Å². The van der Waals surface area contributed by atoms with E-state index < -0.39 is 11.2 Å². The number of carbonyl (C=O) groups is 1. The third-order valence-corrected chi connectivity index (χ3v) is 5.23. The van der Waals surface area contributed by atoms with Gasteiger partial charge >= 0.3 is 5.69 Å². The molecule has 0 saturated heterocycles. The third kappa shape index (κ3) is 3.19. The van der Waals surface area contributed by atoms with E-state index >= 15 is 0 Å². The molecule has 0 spiro atoms. The highest BCUT2D eigenvalue weighted by Crippen LogP contribution is 2.23. The zero-order valence-electron chi connectivity index (χ0n) is 17.1. The number of anilines is 1. The molecule has 0 aliphatic carbocycles. The summed E-state index contributed by atoms with van der Waals surface area (Å²) >= 11 is 0. The Morgan fingerprint density at radius 2 is 2.07 bits per heavy atom. The number of carbonyl (C=O) groups excluding carboxylic acids is 1. The second-order valence-corrected chi connectivity index (χ2v) is 7.30. The smallest absolute Gasteiger partial charge is 0.329 e. The molecule has 0 bridgehead atoms. The molecule has 3 N–H and O–H groups in total. The SMILES string of the molecule is CCCCNc1nc2c(c(=O)[nH]c(=O)n2C)n1CC(=O)c1c(C)ccc2[nH]ncc12. The number of ketones is 1. The van der Waals surface area contributed by atoms with Crippen molar-refractivity contribution < 1.29 is 4.79 Å². The molecular weight excluding hydrogens is 386 g/mol. The number of fused-ring (bicyclic) bond motifs is 2. The van der Waals surface area contributed by atoms with Crippen molar-refractivity contribution in [1.29, 1.82) is 0 Å². The number of H-pyrrole nitrogens is 2. The van der Waals surface area contributed by atoms with Crippen LogP contribution in [0.25, 0.3) is 22.1 Å². The molecule has 0 fully saturated rings. The third-order valence-electron chi connectivity index (χ3n) is 5.23. The Morgan fingerprint density at radius 3 is 2.83 bits per heavy atom. The van der Waals surface area contributed by atoms with Crippen molar-refractivity contribution in [3.63, 3.8) is 0 Å². The molecule has 0 unspecified atom stereocenters. The van der Waals surface area contributed by atoms with Crippen molar-refractivity contribution in [2.45, 2.75) is 33.2 Å². The number of benzene rings is 1. The molecule has 10 heteroatoms. The minimum atomic E-state index is -0.574. The van der Waals surface area contributed by atoms with Crippen molar-refractivity contribution >= 4 is 33.8 Å². The summed E-state index contributed by atoms with van der Waals surface area (Å²) < 4.78 is 2.81. The van der Waals surface area contributed by atoms with Gasteiger partial charge in [0.15, 0.2) is 16.9 Å². The van der Waals surface area contributed by atoms with Gasteiger partial charge in [-0.25, -0.2) is 4.79 Å². The van der Waals surface area contributed by atoms with Crippen LogP contribution < -0.4 is 16.6 Å². The number of aryl methyl sites for hydroxylation is 2. The topological polar surface area (TPSA) is 130 Å². The molecule has 10 nitrogen and oxygen atoms in total. The van der Waals surface area contributed by atoms with Gasteiger partial charge in [-0.2, -0.15) is 10.1 Å². The summed E-state index contributed by atoms with van der Waals surface area (Å²) in [4.78, 5) is 44.7. The Labute approximate surface area is 170 Å². The lowest BCUT2D eigenvalue weighted by Crippen LogP contribution is -2.29. The van der Waals surface area contributed by atoms with Crippen LogP contribution in [0, 0.1) is 6.92 Å². The molecule has 3 heterocycles. The van der Waals surface area contributed by atoms with Crippen LogP contribution in [0.2, 0.25) is 0 Å². The molecule has 1 aromatic carbocycles. The first-order chi connectivity index (χ1) is 14.4. The number of unbranched alkanes of at least 4 members (excludes halogenated alkanes) is 1. The van der Waals surface area contributed by atoms with E-state index in [0.717, 1.165) is 29.3 Å². The summed E-state index contributed by atoms with van der Waals surface area (Å²) in [6, 6.07) is 3.73. The Bertz CT molecular complexity index is 1370. The number of rotatable bonds is 7. The molecule has 0 radical (unpaired) electrons. The first-order valence-corrected chi connectivity index (χ1v) is 9.81. The van der Waals surface area contributed by atoms with Gasteiger partial charge in [-0.1, -0.05) is 19.4 Å². The number of nitrogens with one attached hydrogen (secondary N) is 3. The van der Waals surface area contributed by atoms with Crippen molar-refractivity contribution in [3.8, 4) is 0 Å². The fraction of sp³-hybridized carbons (Fsp3) is 0.350. The number of hydrogen-bond acceptors (Lipinski definition) is 6. The van der Waals surface area contributed by atoms with E-state index in [1.807, 2.05) is 19.1 Å². The summed E-state index contributed by atoms with van der Waals surface area (Å²) in [6.45, 7) is 4.47. The van der Waals surface area contributed by atoms with E-state index in [4.69, 9.17) is 0 Å². The van der Waals surface area contributed by atoms with Crippen molar-refractivity contribution in [2.24, 2.45) is 7.05 Å². The van der Waals surface area contributed by atoms with E-state index in [9.17, 15) is 14.4 Å². The van der Waals surface area contributed by atoms with Gasteiger partial charge < -0.3 is 5.32 Å². The van der Waals surface area contributed by atoms with Crippen LogP contribution in [0.1, 0.15) is 35.7 Å². The maximum atomic E-state index is 13.3. The van der Waals surface area contributed by atoms with E-state index in [-0.39, 0.29) is 23.5 Å². The predicted octanol–water partition coefficient (Wildman–Crippen LogP) is 1.70. The lowest BCUT2D eigenvalue weighted by molar-refractivity contribution is 0.0975. The largest absolute Gasteiger partial charge is 0.356 e. The van der Waals surface area contributed by atoms with Gasteiger partial charge in [-0.15, -0.1) is 0 Å². The Balaban J connectivity index is 1.85. The molecule has 30 heavy (non-hydrogen) atoms. The molecule has 0 atom stereocenters. The number of aromatic nitrogens is 6. The molecule has 0 aliphatic rings. The molecule has 156 valence electrons. The normalized spacial score (nSPS) is 11.4. The number of imidazole rings is 1. The molecule has 4 rings (SSSR count). The Kier molecular flexibility index (Phi) is 4.98. The lowest BCUT2D eigenvalue weighted by Gasteiger charge is -2.11. The van der Waals surface area contributed by atoms with Gasteiger partial charge in [-0.05, 0) is 25.0 Å². The van der Waals surface area contributed by atoms with Crippen LogP contribution >= 0.6 is 0 Å². The molecular formula is C20H23N7O3. The zero-order valence-corrected chi connectivity index (χ0v) is 17.1. The first-order valence-electron chi connectivity index (χ1n) is 9.81. The lowest BCUT2D eigenvalue weighted by atomic mass is 10.0. The van der Waals surface area contributed by atoms with Crippen molar-refractivity contribution in [3.05, 3.63) is 50.3 Å². The van der Waals surface area contributed by atoms with Crippen LogP contribution in [0.15, 0.2) is 27.9 Å². The van der Waals surface area contributed by atoms with E-state index in [0.29, 0.717) is 18.1 Å². The summed E-state index contributed by atoms with van der Waals surface area (Å²) in [5, 5.41) is 10.8. The molecule has 0 aliphatic heterocycles. The highest BCUT2D eigenvalue weighted by Gasteiger charge is 2.22. The van der Waals surface area contributed by atoms with Gasteiger partial charge in [0, 0.05) is 24.5 Å². The second-order valence-electron chi connectivity index (χ2n) is 7.30. The van der Waals surface area contributed by atoms with Crippen LogP contribution in [0.4, 0.5) is 5.95 Å². The maximum absolute atomic E-state index is 13.3. The number of hydrogen-bond donors (Lipinski definition) is 3. The molecule has 0 amide bonds. The van der Waals surface area contributed by atoms with Gasteiger partial charge in [0.05, 0.1) is 18.3 Å². The Hall–Kier alpha value is -3.69. The standard InChI is InChI=1S/C20H23N7O3/c1-4-5-8-21-19-23-17-16(18(29)24-20(30)26(17)3)27(19)10-14(28)15-11(2)6-7-13-12(15)9-22-25-13/h6-7,9H,4-5,8,10H2,1-3H3,(H,21,23)(H,22,25)(H,24,29,30). The zero-order chi connectivity index (χ0) is 21.4. The number of nitrogens with zero attached hydrogens (tertiary/aromatic N) is 4. The Morgan fingerprint density at radius 1 is 1.27 bits per heavy atom. The van der Waals surface area contributed by atoms with Crippen LogP contribution in [-0.2, 0) is 13.6 Å². The minimum absolute atomic E-state index is 0.0998. The summed E-state index contributed by atoms with van der Waals surface area (Å²) in [5.41, 5.74) is 1.41. The average Bonchev–Trinajstić information content (AvgIpc) is 3.31. The molecule has 0 saturated carbocycles. The van der Waals surface area contributed by atoms with E-state index in [1.54, 1.807) is 10.8 Å². The summed E-state index contributed by atoms with van der Waals surface area (Å²) in [5.74, 6) is 0.209. The highest BCUT2D eigenvalue weighted by molar-refractivity contribution is 6.08. The predicted molar refractivity (Wildman–Crippen MR) is 114 cm³/mol.